The van der Waals surface area contributed by atoms with Crippen LogP contribution < -0.4 is 20.1 Å². The van der Waals surface area contributed by atoms with E-state index in [1.54, 1.807) is 53.7 Å². The van der Waals surface area contributed by atoms with Gasteiger partial charge in [-0.25, -0.2) is 9.78 Å². The quantitative estimate of drug-likeness (QED) is 0.391. The SMILES string of the molecule is COc1ccc(NC(=O)c2ccc(C=NN(C)C)cc2)c(OC(=O)Nc2ccc(Cl)cn2)c1. The number of pyridine rings is 1. The van der Waals surface area contributed by atoms with Crippen LogP contribution in [-0.2, 0) is 0 Å². The van der Waals surface area contributed by atoms with Crippen LogP contribution in [0.2, 0.25) is 5.02 Å². The fourth-order valence-corrected chi connectivity index (χ4v) is 2.71. The number of ether oxygens (including phenoxy) is 2. The molecule has 10 heteroatoms. The summed E-state index contributed by atoms with van der Waals surface area (Å²) in [5.74, 6) is 0.436. The fraction of sp³-hybridized carbons (Fsp3) is 0.130. The van der Waals surface area contributed by atoms with Crippen LogP contribution in [0.1, 0.15) is 15.9 Å². The average molecular weight is 468 g/mol. The highest BCUT2D eigenvalue weighted by molar-refractivity contribution is 6.30. The molecule has 2 aromatic carbocycles. The van der Waals surface area contributed by atoms with Gasteiger partial charge >= 0.3 is 6.09 Å². The standard InChI is InChI=1S/C23H22ClN5O4/c1-29(2)26-13-15-4-6-16(7-5-15)22(30)27-19-10-9-18(32-3)12-20(19)33-23(31)28-21-11-8-17(24)14-25-21/h4-14H,1-3H3,(H,27,30)(H,25,28,31). The Morgan fingerprint density at radius 1 is 1.06 bits per heavy atom. The number of nitrogens with one attached hydrogen (secondary N) is 2. The minimum Gasteiger partial charge on any atom is -0.497 e. The van der Waals surface area contributed by atoms with E-state index >= 15 is 0 Å². The summed E-state index contributed by atoms with van der Waals surface area (Å²) < 4.78 is 10.6. The molecule has 0 spiro atoms. The predicted octanol–water partition coefficient (Wildman–Crippen LogP) is 4.50. The van der Waals surface area contributed by atoms with Crippen LogP contribution in [0.3, 0.4) is 0 Å². The van der Waals surface area contributed by atoms with Gasteiger partial charge < -0.3 is 19.8 Å². The number of hydrazone groups is 1. The molecule has 0 radical (unpaired) electrons. The number of methoxy groups -OCH3 is 1. The first kappa shape index (κ1) is 23.6. The number of benzene rings is 2. The van der Waals surface area contributed by atoms with Gasteiger partial charge in [0.1, 0.15) is 11.6 Å². The van der Waals surface area contributed by atoms with Crippen LogP contribution in [0, 0.1) is 0 Å². The summed E-state index contributed by atoms with van der Waals surface area (Å²) in [5, 5.41) is 11.5. The maximum Gasteiger partial charge on any atom is 0.418 e. The van der Waals surface area contributed by atoms with Crippen LogP contribution in [0.15, 0.2) is 65.9 Å². The number of anilines is 2. The van der Waals surface area contributed by atoms with Gasteiger partial charge in [-0.3, -0.25) is 10.1 Å². The van der Waals surface area contributed by atoms with Crippen LogP contribution in [0.5, 0.6) is 11.5 Å². The number of carbonyl (C=O) groups is 2. The third-order valence-electron chi connectivity index (χ3n) is 4.21. The molecule has 0 saturated carbocycles. The smallest absolute Gasteiger partial charge is 0.418 e. The lowest BCUT2D eigenvalue weighted by Crippen LogP contribution is -2.19. The minimum atomic E-state index is -0.793. The molecule has 1 heterocycles. The number of aromatic nitrogens is 1. The second-order valence-electron chi connectivity index (χ2n) is 6.91. The van der Waals surface area contributed by atoms with E-state index in [-0.39, 0.29) is 17.5 Å². The van der Waals surface area contributed by atoms with Gasteiger partial charge in [0, 0.05) is 31.9 Å². The van der Waals surface area contributed by atoms with Crippen LogP contribution in [-0.4, -0.2) is 49.4 Å². The Bertz CT molecular complexity index is 1150. The van der Waals surface area contributed by atoms with Crippen molar-refractivity contribution in [1.29, 1.82) is 0 Å². The summed E-state index contributed by atoms with van der Waals surface area (Å²) in [6.07, 6.45) is 2.29. The Morgan fingerprint density at radius 3 is 2.45 bits per heavy atom. The van der Waals surface area contributed by atoms with Crippen molar-refractivity contribution in [2.45, 2.75) is 0 Å². The molecule has 0 aliphatic heterocycles. The highest BCUT2D eigenvalue weighted by atomic mass is 35.5. The van der Waals surface area contributed by atoms with Crippen LogP contribution in [0.25, 0.3) is 0 Å². The Balaban J connectivity index is 1.73. The lowest BCUT2D eigenvalue weighted by molar-refractivity contribution is 0.102. The topological polar surface area (TPSA) is 105 Å². The van der Waals surface area contributed by atoms with Gasteiger partial charge in [-0.1, -0.05) is 23.7 Å². The van der Waals surface area contributed by atoms with Crippen molar-refractivity contribution in [3.8, 4) is 11.5 Å². The van der Waals surface area contributed by atoms with E-state index in [0.717, 1.165) is 5.56 Å². The first-order chi connectivity index (χ1) is 15.8. The van der Waals surface area contributed by atoms with Crippen molar-refractivity contribution >= 4 is 41.3 Å². The number of hydrogen-bond acceptors (Lipinski definition) is 7. The molecule has 2 N–H and O–H groups in total. The Labute approximate surface area is 196 Å². The molecule has 170 valence electrons. The normalized spacial score (nSPS) is 10.5. The summed E-state index contributed by atoms with van der Waals surface area (Å²) in [6, 6.07) is 14.7. The average Bonchev–Trinajstić information content (AvgIpc) is 2.80. The van der Waals surface area contributed by atoms with E-state index in [1.165, 1.54) is 25.4 Å². The highest BCUT2D eigenvalue weighted by Crippen LogP contribution is 2.30. The Morgan fingerprint density at radius 2 is 1.82 bits per heavy atom. The summed E-state index contributed by atoms with van der Waals surface area (Å²) in [4.78, 5) is 29.1. The molecule has 33 heavy (non-hydrogen) atoms. The summed E-state index contributed by atoms with van der Waals surface area (Å²) in [6.45, 7) is 0. The largest absolute Gasteiger partial charge is 0.497 e. The molecule has 1 aromatic heterocycles. The van der Waals surface area contributed by atoms with E-state index in [9.17, 15) is 9.59 Å². The van der Waals surface area contributed by atoms with Crippen molar-refractivity contribution in [1.82, 2.24) is 9.99 Å². The molecule has 2 amide bonds. The van der Waals surface area contributed by atoms with E-state index in [2.05, 4.69) is 20.7 Å². The zero-order chi connectivity index (χ0) is 23.8. The lowest BCUT2D eigenvalue weighted by Gasteiger charge is -2.13. The zero-order valence-corrected chi connectivity index (χ0v) is 19.0. The van der Waals surface area contributed by atoms with Crippen molar-refractivity contribution in [3.05, 3.63) is 76.9 Å². The van der Waals surface area contributed by atoms with Gasteiger partial charge in [0.15, 0.2) is 5.75 Å². The lowest BCUT2D eigenvalue weighted by atomic mass is 10.1. The molecule has 9 nitrogen and oxygen atoms in total. The molecule has 3 rings (SSSR count). The molecule has 3 aromatic rings. The van der Waals surface area contributed by atoms with E-state index in [4.69, 9.17) is 21.1 Å². The number of halogens is 1. The number of amides is 2. The van der Waals surface area contributed by atoms with E-state index in [1.807, 2.05) is 14.1 Å². The van der Waals surface area contributed by atoms with E-state index in [0.29, 0.717) is 22.0 Å². The van der Waals surface area contributed by atoms with Gasteiger partial charge in [0.05, 0.1) is 24.0 Å². The number of hydrogen-bond donors (Lipinski definition) is 2. The molecule has 0 aliphatic carbocycles. The minimum absolute atomic E-state index is 0.101. The highest BCUT2D eigenvalue weighted by Gasteiger charge is 2.15. The van der Waals surface area contributed by atoms with E-state index < -0.39 is 6.09 Å². The Kier molecular flexibility index (Phi) is 7.82. The second kappa shape index (κ2) is 11.0. The van der Waals surface area contributed by atoms with Crippen molar-refractivity contribution in [2.75, 3.05) is 31.8 Å². The fourth-order valence-electron chi connectivity index (χ4n) is 2.59. The zero-order valence-electron chi connectivity index (χ0n) is 18.2. The first-order valence-electron chi connectivity index (χ1n) is 9.75. The molecule has 0 unspecified atom stereocenters. The van der Waals surface area contributed by atoms with Crippen molar-refractivity contribution in [2.24, 2.45) is 5.10 Å². The van der Waals surface area contributed by atoms with Gasteiger partial charge in [-0.2, -0.15) is 5.10 Å². The van der Waals surface area contributed by atoms with Gasteiger partial charge in [-0.05, 0) is 42.0 Å². The maximum atomic E-state index is 12.7. The molecule has 0 aliphatic rings. The molecule has 0 atom stereocenters. The Hall–Kier alpha value is -4.11. The number of rotatable bonds is 7. The second-order valence-corrected chi connectivity index (χ2v) is 7.34. The van der Waals surface area contributed by atoms with Gasteiger partial charge in [-0.15, -0.1) is 0 Å². The van der Waals surface area contributed by atoms with Gasteiger partial charge in [0.2, 0.25) is 0 Å². The summed E-state index contributed by atoms with van der Waals surface area (Å²) in [7, 11) is 5.12. The molecule has 0 saturated heterocycles. The monoisotopic (exact) mass is 467 g/mol. The molecular formula is C23H22ClN5O4. The maximum absolute atomic E-state index is 12.7. The third-order valence-corrected chi connectivity index (χ3v) is 4.43. The third kappa shape index (κ3) is 6.94. The van der Waals surface area contributed by atoms with Crippen molar-refractivity contribution < 1.29 is 19.1 Å². The number of carbonyl (C=O) groups excluding carboxylic acids is 2. The molecular weight excluding hydrogens is 446 g/mol. The first-order valence-corrected chi connectivity index (χ1v) is 10.1. The molecule has 0 bridgehead atoms. The van der Waals surface area contributed by atoms with Crippen LogP contribution >= 0.6 is 11.6 Å². The predicted molar refractivity (Wildman–Crippen MR) is 128 cm³/mol. The summed E-state index contributed by atoms with van der Waals surface area (Å²) >= 11 is 5.80. The van der Waals surface area contributed by atoms with Gasteiger partial charge in [0.25, 0.3) is 5.91 Å². The number of nitrogens with zero attached hydrogens (tertiary/aromatic N) is 3. The summed E-state index contributed by atoms with van der Waals surface area (Å²) in [5.41, 5.74) is 1.56. The molecule has 0 fully saturated rings. The van der Waals surface area contributed by atoms with Crippen LogP contribution in [0.4, 0.5) is 16.3 Å². The van der Waals surface area contributed by atoms with Crippen molar-refractivity contribution in [3.63, 3.8) is 0 Å².